The van der Waals surface area contributed by atoms with Crippen LogP contribution in [0.3, 0.4) is 0 Å². The van der Waals surface area contributed by atoms with Crippen molar-refractivity contribution in [3.8, 4) is 0 Å². The molecule has 0 heterocycles. The van der Waals surface area contributed by atoms with E-state index in [1.807, 2.05) is 0 Å². The summed E-state index contributed by atoms with van der Waals surface area (Å²) >= 11 is 0. The van der Waals surface area contributed by atoms with E-state index in [-0.39, 0.29) is 40.7 Å². The molecule has 0 radical (unpaired) electrons. The first-order valence-corrected chi connectivity index (χ1v) is 11.0. The largest absolute Gasteiger partial charge is 4.00 e. The van der Waals surface area contributed by atoms with Crippen LogP contribution in [0.1, 0.15) is 78.1 Å². The fourth-order valence-corrected chi connectivity index (χ4v) is 4.82. The summed E-state index contributed by atoms with van der Waals surface area (Å²) in [5.41, 5.74) is 12.5. The third-order valence-corrected chi connectivity index (χ3v) is 7.13. The van der Waals surface area contributed by atoms with Crippen molar-refractivity contribution in [1.29, 1.82) is 0 Å². The maximum Gasteiger partial charge on any atom is 4.00 e. The Morgan fingerprint density at radius 1 is 0.903 bits per heavy atom. The minimum atomic E-state index is 0. The molecule has 3 aromatic carbocycles. The van der Waals surface area contributed by atoms with E-state index in [0.29, 0.717) is 5.41 Å². The zero-order valence-electron chi connectivity index (χ0n) is 21.8. The van der Waals surface area contributed by atoms with E-state index in [9.17, 15) is 0 Å². The van der Waals surface area contributed by atoms with Crippen LogP contribution < -0.4 is 0 Å². The Morgan fingerprint density at radius 3 is 1.87 bits per heavy atom. The molecule has 0 aromatic heterocycles. The molecule has 4 rings (SSSR count). The van der Waals surface area contributed by atoms with Crippen molar-refractivity contribution in [3.05, 3.63) is 83.6 Å². The van der Waals surface area contributed by atoms with Crippen LogP contribution in [0.4, 0.5) is 0 Å². The molecule has 0 unspecified atom stereocenters. The Kier molecular flexibility index (Phi) is 11.4. The van der Waals surface area contributed by atoms with E-state index in [1.54, 1.807) is 16.7 Å². The van der Waals surface area contributed by atoms with Gasteiger partial charge in [-0.05, 0) is 18.3 Å². The van der Waals surface area contributed by atoms with Crippen LogP contribution in [0.25, 0.3) is 10.8 Å². The zero-order valence-corrected chi connectivity index (χ0v) is 25.4. The summed E-state index contributed by atoms with van der Waals surface area (Å²) in [6.07, 6.45) is 6.32. The first-order valence-electron chi connectivity index (χ1n) is 11.0. The fraction of sp³-hybridized carbons (Fsp3) is 0.467. The van der Waals surface area contributed by atoms with Crippen molar-refractivity contribution in [1.82, 2.24) is 0 Å². The number of unbranched alkanes of at least 4 members (excludes halogenated alkanes) is 1. The van der Waals surface area contributed by atoms with Gasteiger partial charge in [-0.15, -0.1) is 34.5 Å². The third-order valence-electron chi connectivity index (χ3n) is 7.13. The van der Waals surface area contributed by atoms with Crippen molar-refractivity contribution in [3.63, 3.8) is 0 Å². The Labute approximate surface area is 212 Å². The van der Waals surface area contributed by atoms with Crippen molar-refractivity contribution in [2.24, 2.45) is 5.41 Å². The molecule has 0 bridgehead atoms. The van der Waals surface area contributed by atoms with Gasteiger partial charge in [0, 0.05) is 0 Å². The minimum absolute atomic E-state index is 0. The first-order chi connectivity index (χ1) is 13.1. The van der Waals surface area contributed by atoms with Gasteiger partial charge in [0.15, 0.2) is 0 Å². The number of aryl methyl sites for hydroxylation is 1. The summed E-state index contributed by atoms with van der Waals surface area (Å²) in [7, 11) is 0. The second-order valence-electron chi connectivity index (χ2n) is 9.81. The Hall–Kier alpha value is -0.950. The third kappa shape index (κ3) is 6.31. The summed E-state index contributed by atoms with van der Waals surface area (Å²) < 4.78 is 0. The maximum absolute atomic E-state index is 2.48. The monoisotopic (exact) mass is 584 g/mol. The van der Waals surface area contributed by atoms with Gasteiger partial charge in [-0.3, -0.25) is 0 Å². The van der Waals surface area contributed by atoms with Crippen LogP contribution in [0.5, 0.6) is 0 Å². The van der Waals surface area contributed by atoms with Gasteiger partial charge in [0.1, 0.15) is 0 Å². The summed E-state index contributed by atoms with van der Waals surface area (Å²) in [4.78, 5) is 0. The van der Waals surface area contributed by atoms with Gasteiger partial charge in [-0.2, -0.15) is 33.9 Å². The number of hydrogen-bond donors (Lipinski definition) is 0. The van der Waals surface area contributed by atoms with Gasteiger partial charge < -0.3 is 14.9 Å². The number of benzene rings is 1. The van der Waals surface area contributed by atoms with Crippen molar-refractivity contribution in [2.45, 2.75) is 87.5 Å². The summed E-state index contributed by atoms with van der Waals surface area (Å²) in [5.74, 6) is 0. The summed E-state index contributed by atoms with van der Waals surface area (Å²) in [5, 5.41) is 2.97. The Morgan fingerprint density at radius 2 is 1.42 bits per heavy atom. The van der Waals surface area contributed by atoms with E-state index in [0.717, 1.165) is 0 Å². The molecule has 0 spiro atoms. The fourth-order valence-electron chi connectivity index (χ4n) is 4.82. The molecule has 0 aliphatic heterocycles. The van der Waals surface area contributed by atoms with Crippen molar-refractivity contribution < 1.29 is 25.8 Å². The average molecular weight is 583 g/mol. The molecule has 0 nitrogen and oxygen atoms in total. The molecule has 0 N–H and O–H groups in total. The predicted octanol–water partition coefficient (Wildman–Crippen LogP) is 8.87. The van der Waals surface area contributed by atoms with Gasteiger partial charge in [-0.25, -0.2) is 0 Å². The molecule has 0 saturated heterocycles. The van der Waals surface area contributed by atoms with Crippen LogP contribution in [0.2, 0.25) is 0 Å². The van der Waals surface area contributed by atoms with Crippen LogP contribution in [0, 0.1) is 54.9 Å². The smallest absolute Gasteiger partial charge is 0.358 e. The zero-order chi connectivity index (χ0) is 20.6. The van der Waals surface area contributed by atoms with Crippen LogP contribution in [-0.2, 0) is 45.1 Å². The normalized spacial score (nSPS) is 13.4. The second kappa shape index (κ2) is 11.8. The van der Waals surface area contributed by atoms with E-state index in [1.165, 1.54) is 70.7 Å². The van der Waals surface area contributed by atoms with E-state index in [4.69, 9.17) is 0 Å². The van der Waals surface area contributed by atoms with E-state index in [2.05, 4.69) is 79.7 Å². The van der Waals surface area contributed by atoms with Crippen molar-refractivity contribution >= 4 is 10.8 Å². The van der Waals surface area contributed by atoms with Crippen LogP contribution in [-0.4, -0.2) is 0 Å². The standard InChI is InChI=1S/C18H23.C10H15.2CH3.Hf/c1-4-5-6-13-7-8-14-9-15-11-18(2,3)12-16(15)10-17(13)14;1-6-7(2)9(4)10(5)8(6)3;;;/h7-10H,4-6,11-12H2,1-3H3;1-5H3;2*1H3;/q4*-1;+4. The second-order valence-corrected chi connectivity index (χ2v) is 9.81. The van der Waals surface area contributed by atoms with Gasteiger partial charge >= 0.3 is 25.8 Å². The van der Waals surface area contributed by atoms with Gasteiger partial charge in [-0.1, -0.05) is 85.8 Å². The quantitative estimate of drug-likeness (QED) is 0.214. The number of rotatable bonds is 3. The molecule has 0 fully saturated rings. The minimum Gasteiger partial charge on any atom is -0.358 e. The molecule has 1 aliphatic carbocycles. The molecule has 0 atom stereocenters. The molecule has 0 saturated carbocycles. The molecular formula is C30H44Hf. The summed E-state index contributed by atoms with van der Waals surface area (Å²) in [6.45, 7) is 18.0. The molecule has 168 valence electrons. The summed E-state index contributed by atoms with van der Waals surface area (Å²) in [6, 6.07) is 9.56. The van der Waals surface area contributed by atoms with Crippen LogP contribution in [0.15, 0.2) is 24.3 Å². The van der Waals surface area contributed by atoms with Crippen molar-refractivity contribution in [2.75, 3.05) is 0 Å². The predicted molar refractivity (Wildman–Crippen MR) is 138 cm³/mol. The number of hydrogen-bond acceptors (Lipinski definition) is 0. The number of fused-ring (bicyclic) bond motifs is 2. The molecule has 1 aliphatic rings. The first kappa shape index (κ1) is 30.1. The molecular weight excluding hydrogens is 539 g/mol. The van der Waals surface area contributed by atoms with Crippen LogP contribution >= 0.6 is 0 Å². The SMILES string of the molecule is CCCC[c-]1ccc2cc3c(cc21)CC(C)(C)C3.Cc1c(C)c(C)[c-](C)c1C.[CH3-].[CH3-].[Hf+4]. The molecule has 1 heteroatoms. The van der Waals surface area contributed by atoms with Gasteiger partial charge in [0.05, 0.1) is 0 Å². The maximum atomic E-state index is 2.48. The average Bonchev–Trinajstić information content (AvgIpc) is 3.23. The molecule has 31 heavy (non-hydrogen) atoms. The van der Waals surface area contributed by atoms with Gasteiger partial charge in [0.25, 0.3) is 0 Å². The molecule has 3 aromatic rings. The Bertz CT molecular complexity index is 898. The van der Waals surface area contributed by atoms with E-state index >= 15 is 0 Å². The molecule has 0 amide bonds. The Balaban J connectivity index is 0.000000604. The topological polar surface area (TPSA) is 0 Å². The van der Waals surface area contributed by atoms with E-state index < -0.39 is 0 Å². The van der Waals surface area contributed by atoms with Gasteiger partial charge in [0.2, 0.25) is 0 Å².